The van der Waals surface area contributed by atoms with Crippen LogP contribution < -0.4 is 4.90 Å². The van der Waals surface area contributed by atoms with Gasteiger partial charge in [-0.2, -0.15) is 0 Å². The van der Waals surface area contributed by atoms with E-state index < -0.39 is 24.0 Å². The Hall–Kier alpha value is -2.19. The molecule has 0 radical (unpaired) electrons. The summed E-state index contributed by atoms with van der Waals surface area (Å²) in [6, 6.07) is 5.84. The fraction of sp³-hybridized carbons (Fsp3) is 0.250. The van der Waals surface area contributed by atoms with Crippen molar-refractivity contribution in [3.8, 4) is 0 Å². The number of halogens is 5. The first-order valence-corrected chi connectivity index (χ1v) is 7.49. The monoisotopic (exact) mass is 374 g/mol. The summed E-state index contributed by atoms with van der Waals surface area (Å²) >= 11 is 5.95. The molecule has 0 fully saturated rings. The number of aromatic nitrogens is 1. The molecular weight excluding hydrogens is 364 g/mol. The normalized spacial score (nSPS) is 14.6. The van der Waals surface area contributed by atoms with Crippen LogP contribution in [0.25, 0.3) is 0 Å². The van der Waals surface area contributed by atoms with Crippen molar-refractivity contribution in [2.24, 2.45) is 0 Å². The Balaban J connectivity index is 1.92. The van der Waals surface area contributed by atoms with Crippen molar-refractivity contribution in [3.05, 3.63) is 58.4 Å². The Morgan fingerprint density at radius 3 is 2.24 bits per heavy atom. The number of nitrogens with zero attached hydrogens (tertiary/aromatic N) is 2. The van der Waals surface area contributed by atoms with Gasteiger partial charge < -0.3 is 10.0 Å². The summed E-state index contributed by atoms with van der Waals surface area (Å²) in [7, 11) is 0. The molecule has 0 spiro atoms. The first-order chi connectivity index (χ1) is 11.8. The lowest BCUT2D eigenvalue weighted by Crippen LogP contribution is -2.41. The van der Waals surface area contributed by atoms with Crippen LogP contribution in [0.15, 0.2) is 36.5 Å². The third-order valence-corrected chi connectivity index (χ3v) is 4.43. The molecule has 0 bridgehead atoms. The standard InChI is InChI=1S/C16H11ClF4N2O2/c17-12-11-7-23(13(24)10(11)5-6-22-12)9-3-1-8(2-4-9)16(25,14(18)19)15(20)21/h1-6,14-15,25H,7H2. The van der Waals surface area contributed by atoms with Crippen molar-refractivity contribution in [2.45, 2.75) is 25.0 Å². The third kappa shape index (κ3) is 2.75. The summed E-state index contributed by atoms with van der Waals surface area (Å²) in [5, 5.41) is 9.79. The van der Waals surface area contributed by atoms with Crippen molar-refractivity contribution in [3.63, 3.8) is 0 Å². The molecule has 1 amide bonds. The van der Waals surface area contributed by atoms with E-state index in [1.54, 1.807) is 0 Å². The number of hydrogen-bond acceptors (Lipinski definition) is 3. The molecule has 1 aromatic heterocycles. The fourth-order valence-corrected chi connectivity index (χ4v) is 2.87. The molecule has 0 aliphatic carbocycles. The van der Waals surface area contributed by atoms with Gasteiger partial charge in [0.2, 0.25) is 5.60 Å². The highest BCUT2D eigenvalue weighted by Crippen LogP contribution is 2.37. The summed E-state index contributed by atoms with van der Waals surface area (Å²) in [4.78, 5) is 17.6. The highest BCUT2D eigenvalue weighted by atomic mass is 35.5. The molecule has 1 aliphatic rings. The summed E-state index contributed by atoms with van der Waals surface area (Å²) in [5.74, 6) is -0.370. The first-order valence-electron chi connectivity index (χ1n) is 7.11. The number of rotatable bonds is 4. The largest absolute Gasteiger partial charge is 0.374 e. The molecule has 0 atom stereocenters. The summed E-state index contributed by atoms with van der Waals surface area (Å²) in [6.07, 6.45) is -5.95. The van der Waals surface area contributed by atoms with Gasteiger partial charge in [-0.1, -0.05) is 23.7 Å². The average molecular weight is 375 g/mol. The number of carbonyl (C=O) groups excluding carboxylic acids is 1. The maximum absolute atomic E-state index is 12.9. The van der Waals surface area contributed by atoms with Crippen molar-refractivity contribution in [2.75, 3.05) is 4.90 Å². The molecule has 25 heavy (non-hydrogen) atoms. The molecule has 2 aromatic rings. The predicted octanol–water partition coefficient (Wildman–Crippen LogP) is 3.61. The molecule has 1 N–H and O–H groups in total. The van der Waals surface area contributed by atoms with E-state index in [0.29, 0.717) is 16.8 Å². The lowest BCUT2D eigenvalue weighted by molar-refractivity contribution is -0.183. The molecule has 1 aliphatic heterocycles. The molecular formula is C16H11ClF4N2O2. The molecule has 9 heteroatoms. The van der Waals surface area contributed by atoms with Gasteiger partial charge in [-0.3, -0.25) is 4.79 Å². The second kappa shape index (κ2) is 6.27. The quantitative estimate of drug-likeness (QED) is 0.657. The molecule has 0 saturated carbocycles. The number of fused-ring (bicyclic) bond motifs is 1. The SMILES string of the molecule is O=C1c2ccnc(Cl)c2CN1c1ccc(C(O)(C(F)F)C(F)F)cc1. The van der Waals surface area contributed by atoms with Crippen LogP contribution in [0.2, 0.25) is 5.15 Å². The zero-order chi connectivity index (χ0) is 18.4. The van der Waals surface area contributed by atoms with E-state index in [1.807, 2.05) is 0 Å². The fourth-order valence-electron chi connectivity index (χ4n) is 2.66. The van der Waals surface area contributed by atoms with E-state index in [0.717, 1.165) is 12.1 Å². The molecule has 0 saturated heterocycles. The average Bonchev–Trinajstić information content (AvgIpc) is 2.92. The minimum Gasteiger partial charge on any atom is -0.374 e. The van der Waals surface area contributed by atoms with Crippen LogP contribution in [0.3, 0.4) is 0 Å². The van der Waals surface area contributed by atoms with E-state index in [9.17, 15) is 27.5 Å². The maximum atomic E-state index is 12.9. The first kappa shape index (κ1) is 17.6. The van der Waals surface area contributed by atoms with Gasteiger partial charge in [0, 0.05) is 23.0 Å². The Morgan fingerprint density at radius 1 is 1.12 bits per heavy atom. The number of aliphatic hydroxyl groups is 1. The Bertz CT molecular complexity index is 806. The number of pyridine rings is 1. The number of alkyl halides is 4. The van der Waals surface area contributed by atoms with Crippen molar-refractivity contribution >= 4 is 23.2 Å². The molecule has 1 aromatic carbocycles. The van der Waals surface area contributed by atoms with Gasteiger partial charge in [0.15, 0.2) is 0 Å². The van der Waals surface area contributed by atoms with Crippen molar-refractivity contribution in [1.82, 2.24) is 4.98 Å². The van der Waals surface area contributed by atoms with Crippen molar-refractivity contribution in [1.29, 1.82) is 0 Å². The van der Waals surface area contributed by atoms with Crippen LogP contribution in [0.5, 0.6) is 0 Å². The van der Waals surface area contributed by atoms with Gasteiger partial charge in [0.1, 0.15) is 5.15 Å². The Kier molecular flexibility index (Phi) is 4.42. The van der Waals surface area contributed by atoms with Gasteiger partial charge in [-0.25, -0.2) is 22.5 Å². The van der Waals surface area contributed by atoms with Crippen LogP contribution in [-0.2, 0) is 12.1 Å². The topological polar surface area (TPSA) is 53.4 Å². The summed E-state index contributed by atoms with van der Waals surface area (Å²) in [6.45, 7) is 0.119. The summed E-state index contributed by atoms with van der Waals surface area (Å²) < 4.78 is 51.6. The molecule has 2 heterocycles. The van der Waals surface area contributed by atoms with E-state index in [4.69, 9.17) is 11.6 Å². The number of carbonyl (C=O) groups is 1. The number of amides is 1. The van der Waals surface area contributed by atoms with Crippen LogP contribution in [0.4, 0.5) is 23.2 Å². The smallest absolute Gasteiger partial charge is 0.276 e. The molecule has 0 unspecified atom stereocenters. The zero-order valence-corrected chi connectivity index (χ0v) is 13.2. The predicted molar refractivity (Wildman–Crippen MR) is 82.1 cm³/mol. The van der Waals surface area contributed by atoms with Gasteiger partial charge >= 0.3 is 0 Å². The highest BCUT2D eigenvalue weighted by Gasteiger charge is 2.48. The van der Waals surface area contributed by atoms with Gasteiger partial charge in [0.25, 0.3) is 18.8 Å². The minimum atomic E-state index is -3.67. The maximum Gasteiger partial charge on any atom is 0.276 e. The second-order valence-corrected chi connectivity index (χ2v) is 5.85. The summed E-state index contributed by atoms with van der Waals surface area (Å²) in [5.41, 5.74) is -3.02. The number of benzene rings is 1. The van der Waals surface area contributed by atoms with Crippen LogP contribution in [0, 0.1) is 0 Å². The Labute approximate surface area is 144 Å². The van der Waals surface area contributed by atoms with E-state index in [1.165, 1.54) is 29.3 Å². The second-order valence-electron chi connectivity index (χ2n) is 5.49. The van der Waals surface area contributed by atoms with E-state index >= 15 is 0 Å². The zero-order valence-electron chi connectivity index (χ0n) is 12.5. The molecule has 3 rings (SSSR count). The number of hydrogen-bond donors (Lipinski definition) is 1. The lowest BCUT2D eigenvalue weighted by atomic mass is 9.94. The van der Waals surface area contributed by atoms with E-state index in [2.05, 4.69) is 4.98 Å². The van der Waals surface area contributed by atoms with Gasteiger partial charge in [-0.15, -0.1) is 0 Å². The van der Waals surface area contributed by atoms with Crippen molar-refractivity contribution < 1.29 is 27.5 Å². The third-order valence-electron chi connectivity index (χ3n) is 4.10. The van der Waals surface area contributed by atoms with Crippen LogP contribution in [0.1, 0.15) is 21.5 Å². The Morgan fingerprint density at radius 2 is 1.72 bits per heavy atom. The van der Waals surface area contributed by atoms with Gasteiger partial charge in [-0.05, 0) is 23.8 Å². The van der Waals surface area contributed by atoms with Crippen LogP contribution >= 0.6 is 11.6 Å². The lowest BCUT2D eigenvalue weighted by Gasteiger charge is -2.27. The minimum absolute atomic E-state index is 0.119. The van der Waals surface area contributed by atoms with Crippen LogP contribution in [-0.4, -0.2) is 28.8 Å². The van der Waals surface area contributed by atoms with Gasteiger partial charge in [0.05, 0.1) is 6.54 Å². The molecule has 132 valence electrons. The van der Waals surface area contributed by atoms with E-state index in [-0.39, 0.29) is 17.6 Å². The molecule has 4 nitrogen and oxygen atoms in total. The number of anilines is 1. The highest BCUT2D eigenvalue weighted by molar-refractivity contribution is 6.31.